The van der Waals surface area contributed by atoms with E-state index in [2.05, 4.69) is 28.5 Å². The summed E-state index contributed by atoms with van der Waals surface area (Å²) in [6.45, 7) is 5.84. The number of carbonyl (C=O) groups excluding carboxylic acids is 1. The Balaban J connectivity index is 2.96. The summed E-state index contributed by atoms with van der Waals surface area (Å²) < 4.78 is 4.65. The fourth-order valence-electron chi connectivity index (χ4n) is 1.38. The largest absolute Gasteiger partial charge is 0.465 e. The van der Waals surface area contributed by atoms with Gasteiger partial charge in [-0.15, -0.1) is 0 Å². The van der Waals surface area contributed by atoms with Gasteiger partial charge >= 0.3 is 5.97 Å². The van der Waals surface area contributed by atoms with E-state index < -0.39 is 0 Å². The normalized spacial score (nSPS) is 9.80. The Bertz CT molecular complexity index is 335. The first-order valence-corrected chi connectivity index (χ1v) is 5.02. The molecule has 0 aromatic carbocycles. The number of hydrogen-bond donors (Lipinski definition) is 0. The molecule has 0 unspecified atom stereocenters. The topological polar surface area (TPSA) is 42.4 Å². The first-order valence-electron chi connectivity index (χ1n) is 5.02. The van der Waals surface area contributed by atoms with Crippen LogP contribution >= 0.6 is 0 Å². The van der Waals surface area contributed by atoms with Crippen molar-refractivity contribution in [3.63, 3.8) is 0 Å². The van der Waals surface area contributed by atoms with E-state index in [4.69, 9.17) is 0 Å². The minimum absolute atomic E-state index is 0.328. The molecule has 0 bridgehead atoms. The zero-order chi connectivity index (χ0) is 11.3. The monoisotopic (exact) mass is 208 g/mol. The van der Waals surface area contributed by atoms with Crippen molar-refractivity contribution in [2.75, 3.05) is 25.1 Å². The molecule has 1 aromatic rings. The molecule has 0 fully saturated rings. The Morgan fingerprint density at radius 3 is 2.67 bits per heavy atom. The van der Waals surface area contributed by atoms with Gasteiger partial charge in [0, 0.05) is 19.3 Å². The van der Waals surface area contributed by atoms with E-state index in [1.165, 1.54) is 7.11 Å². The van der Waals surface area contributed by atoms with Crippen LogP contribution in [0.1, 0.15) is 24.2 Å². The van der Waals surface area contributed by atoms with Gasteiger partial charge in [-0.25, -0.2) is 9.78 Å². The first kappa shape index (κ1) is 11.5. The summed E-state index contributed by atoms with van der Waals surface area (Å²) in [6, 6.07) is 3.40. The lowest BCUT2D eigenvalue weighted by atomic mass is 10.2. The van der Waals surface area contributed by atoms with Gasteiger partial charge in [-0.3, -0.25) is 0 Å². The smallest absolute Gasteiger partial charge is 0.338 e. The number of rotatable bonds is 4. The predicted molar refractivity (Wildman–Crippen MR) is 59.1 cm³/mol. The molecular formula is C11H16N2O2. The van der Waals surface area contributed by atoms with Crippen LogP contribution in [0.2, 0.25) is 0 Å². The lowest BCUT2D eigenvalue weighted by molar-refractivity contribution is 0.0600. The second-order valence-electron chi connectivity index (χ2n) is 3.07. The zero-order valence-corrected chi connectivity index (χ0v) is 9.36. The van der Waals surface area contributed by atoms with Crippen LogP contribution < -0.4 is 4.90 Å². The summed E-state index contributed by atoms with van der Waals surface area (Å²) in [4.78, 5) is 17.6. The van der Waals surface area contributed by atoms with E-state index in [-0.39, 0.29) is 5.97 Å². The lowest BCUT2D eigenvalue weighted by Crippen LogP contribution is -2.23. The number of esters is 1. The maximum Gasteiger partial charge on any atom is 0.338 e. The molecule has 4 heteroatoms. The van der Waals surface area contributed by atoms with Crippen LogP contribution in [0, 0.1) is 0 Å². The molecule has 0 atom stereocenters. The van der Waals surface area contributed by atoms with Crippen molar-refractivity contribution in [1.82, 2.24) is 4.98 Å². The average molecular weight is 208 g/mol. The number of hydrogen-bond acceptors (Lipinski definition) is 4. The van der Waals surface area contributed by atoms with Crippen molar-refractivity contribution in [2.24, 2.45) is 0 Å². The minimum atomic E-state index is -0.328. The van der Waals surface area contributed by atoms with Crippen LogP contribution in [0.25, 0.3) is 0 Å². The van der Waals surface area contributed by atoms with E-state index in [1.54, 1.807) is 18.3 Å². The van der Waals surface area contributed by atoms with Gasteiger partial charge in [-0.1, -0.05) is 0 Å². The summed E-state index contributed by atoms with van der Waals surface area (Å²) >= 11 is 0. The van der Waals surface area contributed by atoms with Gasteiger partial charge in [0.05, 0.1) is 12.7 Å². The molecule has 1 heterocycles. The van der Waals surface area contributed by atoms with Crippen LogP contribution in [-0.2, 0) is 4.74 Å². The highest BCUT2D eigenvalue weighted by molar-refractivity contribution is 5.90. The molecule has 15 heavy (non-hydrogen) atoms. The van der Waals surface area contributed by atoms with Crippen molar-refractivity contribution in [3.05, 3.63) is 23.9 Å². The van der Waals surface area contributed by atoms with Crippen LogP contribution in [0.4, 0.5) is 5.82 Å². The average Bonchev–Trinajstić information content (AvgIpc) is 2.30. The molecule has 0 radical (unpaired) electrons. The number of anilines is 1. The number of pyridine rings is 1. The van der Waals surface area contributed by atoms with Crippen molar-refractivity contribution in [2.45, 2.75) is 13.8 Å². The third-order valence-corrected chi connectivity index (χ3v) is 2.25. The number of ether oxygens (including phenoxy) is 1. The van der Waals surface area contributed by atoms with Crippen LogP contribution in [0.3, 0.4) is 0 Å². The molecule has 4 nitrogen and oxygen atoms in total. The quantitative estimate of drug-likeness (QED) is 0.706. The van der Waals surface area contributed by atoms with Gasteiger partial charge < -0.3 is 9.64 Å². The molecule has 0 saturated carbocycles. The van der Waals surface area contributed by atoms with Crippen molar-refractivity contribution in [1.29, 1.82) is 0 Å². The predicted octanol–water partition coefficient (Wildman–Crippen LogP) is 1.71. The van der Waals surface area contributed by atoms with Crippen molar-refractivity contribution < 1.29 is 9.53 Å². The molecule has 82 valence electrons. The maximum absolute atomic E-state index is 11.3. The Labute approximate surface area is 89.9 Å². The fourth-order valence-corrected chi connectivity index (χ4v) is 1.38. The third kappa shape index (κ3) is 2.68. The van der Waals surface area contributed by atoms with Gasteiger partial charge in [0.2, 0.25) is 0 Å². The second kappa shape index (κ2) is 5.34. The Morgan fingerprint density at radius 2 is 2.13 bits per heavy atom. The SMILES string of the molecule is CCN(CC)c1cc(C(=O)OC)ccn1. The van der Waals surface area contributed by atoms with Gasteiger partial charge in [0.15, 0.2) is 0 Å². The van der Waals surface area contributed by atoms with E-state index in [9.17, 15) is 4.79 Å². The van der Waals surface area contributed by atoms with Crippen molar-refractivity contribution in [3.8, 4) is 0 Å². The molecule has 1 rings (SSSR count). The van der Waals surface area contributed by atoms with Crippen LogP contribution in [0.15, 0.2) is 18.3 Å². The zero-order valence-electron chi connectivity index (χ0n) is 9.36. The summed E-state index contributed by atoms with van der Waals surface area (Å²) in [5, 5.41) is 0. The highest BCUT2D eigenvalue weighted by atomic mass is 16.5. The molecule has 0 aliphatic carbocycles. The van der Waals surface area contributed by atoms with Crippen LogP contribution in [0.5, 0.6) is 0 Å². The molecule has 0 amide bonds. The molecule has 0 saturated heterocycles. The maximum atomic E-state index is 11.3. The minimum Gasteiger partial charge on any atom is -0.465 e. The first-order chi connectivity index (χ1) is 7.22. The lowest BCUT2D eigenvalue weighted by Gasteiger charge is -2.19. The van der Waals surface area contributed by atoms with E-state index in [0.29, 0.717) is 5.56 Å². The molecule has 1 aromatic heterocycles. The number of carbonyl (C=O) groups is 1. The molecule has 0 aliphatic heterocycles. The van der Waals surface area contributed by atoms with Gasteiger partial charge in [0.1, 0.15) is 5.82 Å². The highest BCUT2D eigenvalue weighted by Gasteiger charge is 2.09. The molecule has 0 aliphatic rings. The highest BCUT2D eigenvalue weighted by Crippen LogP contribution is 2.12. The summed E-state index contributed by atoms with van der Waals surface area (Å²) in [5.74, 6) is 0.480. The van der Waals surface area contributed by atoms with Gasteiger partial charge in [0.25, 0.3) is 0 Å². The number of methoxy groups -OCH3 is 1. The van der Waals surface area contributed by atoms with Gasteiger partial charge in [-0.05, 0) is 26.0 Å². The van der Waals surface area contributed by atoms with Crippen molar-refractivity contribution >= 4 is 11.8 Å². The summed E-state index contributed by atoms with van der Waals surface area (Å²) in [7, 11) is 1.37. The fraction of sp³-hybridized carbons (Fsp3) is 0.455. The Kier molecular flexibility index (Phi) is 4.09. The van der Waals surface area contributed by atoms with Gasteiger partial charge in [-0.2, -0.15) is 0 Å². The summed E-state index contributed by atoms with van der Waals surface area (Å²) in [5.41, 5.74) is 0.536. The molecule has 0 spiro atoms. The summed E-state index contributed by atoms with van der Waals surface area (Å²) in [6.07, 6.45) is 1.62. The second-order valence-corrected chi connectivity index (χ2v) is 3.07. The van der Waals surface area contributed by atoms with E-state index >= 15 is 0 Å². The third-order valence-electron chi connectivity index (χ3n) is 2.25. The number of aromatic nitrogens is 1. The van der Waals surface area contributed by atoms with Crippen LogP contribution in [-0.4, -0.2) is 31.2 Å². The Hall–Kier alpha value is -1.58. The standard InChI is InChI=1S/C11H16N2O2/c1-4-13(5-2)10-8-9(6-7-12-10)11(14)15-3/h6-8H,4-5H2,1-3H3. The Morgan fingerprint density at radius 1 is 1.47 bits per heavy atom. The number of nitrogens with zero attached hydrogens (tertiary/aromatic N) is 2. The van der Waals surface area contributed by atoms with E-state index in [1.807, 2.05) is 0 Å². The molecular weight excluding hydrogens is 192 g/mol. The van der Waals surface area contributed by atoms with E-state index in [0.717, 1.165) is 18.9 Å². The molecule has 0 N–H and O–H groups in total.